The van der Waals surface area contributed by atoms with E-state index < -0.39 is 0 Å². The number of anilines is 1. The van der Waals surface area contributed by atoms with E-state index >= 15 is 0 Å². The first-order valence-electron chi connectivity index (χ1n) is 4.33. The van der Waals surface area contributed by atoms with E-state index in [-0.39, 0.29) is 0 Å². The Hall–Kier alpha value is -0.680. The lowest BCUT2D eigenvalue weighted by atomic mass is 9.88. The van der Waals surface area contributed by atoms with Crippen molar-refractivity contribution in [3.8, 4) is 0 Å². The fourth-order valence-electron chi connectivity index (χ4n) is 1.53. The van der Waals surface area contributed by atoms with Crippen molar-refractivity contribution >= 4 is 16.7 Å². The van der Waals surface area contributed by atoms with Crippen LogP contribution < -0.4 is 4.90 Å². The molecular weight excluding hydrogens is 186 g/mol. The molecule has 5 heteroatoms. The fourth-order valence-corrected chi connectivity index (χ4v) is 2.09. The predicted molar refractivity (Wildman–Crippen MR) is 52.1 cm³/mol. The first-order chi connectivity index (χ1) is 6.31. The number of hydrogen-bond donors (Lipinski definition) is 0. The molecule has 1 aromatic rings. The summed E-state index contributed by atoms with van der Waals surface area (Å²) in [7, 11) is 3.84. The molecule has 0 saturated heterocycles. The summed E-state index contributed by atoms with van der Waals surface area (Å²) in [6.07, 6.45) is 4.25. The quantitative estimate of drug-likeness (QED) is 0.732. The maximum absolute atomic E-state index is 5.22. The number of rotatable bonds is 3. The Bertz CT molecular complexity index is 258. The lowest BCUT2D eigenvalue weighted by Gasteiger charge is -2.39. The van der Waals surface area contributed by atoms with Gasteiger partial charge < -0.3 is 9.64 Å². The molecule has 0 amide bonds. The Labute approximate surface area is 81.7 Å². The number of methoxy groups -OCH3 is 1. The summed E-state index contributed by atoms with van der Waals surface area (Å²) in [5.74, 6) is 0. The second-order valence-corrected chi connectivity index (χ2v) is 4.08. The molecule has 13 heavy (non-hydrogen) atoms. The maximum atomic E-state index is 5.22. The van der Waals surface area contributed by atoms with Gasteiger partial charge in [0.25, 0.3) is 0 Å². The van der Waals surface area contributed by atoms with Crippen LogP contribution in [-0.2, 0) is 4.74 Å². The Morgan fingerprint density at radius 2 is 2.38 bits per heavy atom. The second kappa shape index (κ2) is 3.59. The van der Waals surface area contributed by atoms with Gasteiger partial charge in [-0.15, -0.1) is 0 Å². The second-order valence-electron chi connectivity index (χ2n) is 3.32. The minimum Gasteiger partial charge on any atom is -0.381 e. The summed E-state index contributed by atoms with van der Waals surface area (Å²) in [4.78, 5) is 6.35. The largest absolute Gasteiger partial charge is 0.381 e. The molecule has 1 aliphatic rings. The average molecular weight is 199 g/mol. The molecule has 0 aromatic carbocycles. The van der Waals surface area contributed by atoms with Gasteiger partial charge in [0, 0.05) is 31.7 Å². The third kappa shape index (κ3) is 1.66. The summed E-state index contributed by atoms with van der Waals surface area (Å²) < 4.78 is 9.21. The average Bonchev–Trinajstić information content (AvgIpc) is 2.53. The Morgan fingerprint density at radius 3 is 2.92 bits per heavy atom. The van der Waals surface area contributed by atoms with Gasteiger partial charge >= 0.3 is 0 Å². The summed E-state index contributed by atoms with van der Waals surface area (Å²) in [5, 5.41) is 1.000. The first kappa shape index (κ1) is 8.90. The van der Waals surface area contributed by atoms with Gasteiger partial charge in [0.15, 0.2) is 0 Å². The Balaban J connectivity index is 1.90. The highest BCUT2D eigenvalue weighted by Gasteiger charge is 2.32. The molecule has 0 aliphatic heterocycles. The molecule has 2 rings (SSSR count). The van der Waals surface area contributed by atoms with Crippen molar-refractivity contribution in [1.82, 2.24) is 9.36 Å². The van der Waals surface area contributed by atoms with Crippen molar-refractivity contribution in [3.05, 3.63) is 6.33 Å². The Kier molecular flexibility index (Phi) is 2.46. The van der Waals surface area contributed by atoms with Crippen LogP contribution in [0.5, 0.6) is 0 Å². The van der Waals surface area contributed by atoms with Crippen LogP contribution in [-0.4, -0.2) is 35.7 Å². The smallest absolute Gasteiger partial charge is 0.204 e. The van der Waals surface area contributed by atoms with Crippen LogP contribution in [0.15, 0.2) is 6.33 Å². The lowest BCUT2D eigenvalue weighted by Crippen LogP contribution is -2.46. The standard InChI is InChI=1S/C8H13N3OS/c1-11(8-9-5-10-13-8)6-3-7(4-6)12-2/h5-7H,3-4H2,1-2H3. The zero-order chi connectivity index (χ0) is 9.26. The third-order valence-corrected chi connectivity index (χ3v) is 3.36. The highest BCUT2D eigenvalue weighted by atomic mass is 32.1. The highest BCUT2D eigenvalue weighted by Crippen LogP contribution is 2.30. The molecule has 0 unspecified atom stereocenters. The van der Waals surface area contributed by atoms with Crippen LogP contribution in [0.1, 0.15) is 12.8 Å². The molecule has 72 valence electrons. The lowest BCUT2D eigenvalue weighted by molar-refractivity contribution is 0.0266. The van der Waals surface area contributed by atoms with Gasteiger partial charge in [-0.3, -0.25) is 0 Å². The molecule has 1 heterocycles. The molecule has 0 radical (unpaired) electrons. The van der Waals surface area contributed by atoms with Crippen molar-refractivity contribution < 1.29 is 4.74 Å². The zero-order valence-electron chi connectivity index (χ0n) is 7.80. The van der Waals surface area contributed by atoms with Gasteiger partial charge in [0.2, 0.25) is 5.13 Å². The van der Waals surface area contributed by atoms with E-state index in [4.69, 9.17) is 4.74 Å². The van der Waals surface area contributed by atoms with Crippen molar-refractivity contribution in [1.29, 1.82) is 0 Å². The van der Waals surface area contributed by atoms with Crippen LogP contribution in [0.25, 0.3) is 0 Å². The minimum absolute atomic E-state index is 0.445. The van der Waals surface area contributed by atoms with Gasteiger partial charge in [0.05, 0.1) is 6.10 Å². The topological polar surface area (TPSA) is 38.2 Å². The Morgan fingerprint density at radius 1 is 1.62 bits per heavy atom. The molecule has 1 fully saturated rings. The summed E-state index contributed by atoms with van der Waals surface area (Å²) in [5.41, 5.74) is 0. The molecule has 4 nitrogen and oxygen atoms in total. The fraction of sp³-hybridized carbons (Fsp3) is 0.750. The van der Waals surface area contributed by atoms with Crippen LogP contribution >= 0.6 is 11.5 Å². The van der Waals surface area contributed by atoms with E-state index in [9.17, 15) is 0 Å². The van der Waals surface area contributed by atoms with E-state index in [0.717, 1.165) is 18.0 Å². The van der Waals surface area contributed by atoms with Gasteiger partial charge in [-0.2, -0.15) is 4.37 Å². The van der Waals surface area contributed by atoms with Gasteiger partial charge in [0.1, 0.15) is 6.33 Å². The molecule has 0 bridgehead atoms. The van der Waals surface area contributed by atoms with Crippen LogP contribution in [0.2, 0.25) is 0 Å². The zero-order valence-corrected chi connectivity index (χ0v) is 8.62. The molecule has 0 N–H and O–H groups in total. The van der Waals surface area contributed by atoms with Crippen LogP contribution in [0.4, 0.5) is 5.13 Å². The molecule has 1 aliphatic carbocycles. The third-order valence-electron chi connectivity index (χ3n) is 2.60. The van der Waals surface area contributed by atoms with E-state index in [0.29, 0.717) is 12.1 Å². The van der Waals surface area contributed by atoms with E-state index in [1.54, 1.807) is 13.4 Å². The van der Waals surface area contributed by atoms with E-state index in [1.165, 1.54) is 11.5 Å². The van der Waals surface area contributed by atoms with Gasteiger partial charge in [-0.05, 0) is 12.8 Å². The summed E-state index contributed by atoms with van der Waals surface area (Å²) in [6.45, 7) is 0. The number of hydrogen-bond acceptors (Lipinski definition) is 5. The number of ether oxygens (including phenoxy) is 1. The predicted octanol–water partition coefficient (Wildman–Crippen LogP) is 1.15. The van der Waals surface area contributed by atoms with Gasteiger partial charge in [-0.25, -0.2) is 4.98 Å². The molecule has 1 saturated carbocycles. The number of aromatic nitrogens is 2. The van der Waals surface area contributed by atoms with E-state index in [2.05, 4.69) is 21.3 Å². The van der Waals surface area contributed by atoms with Crippen molar-refractivity contribution in [2.75, 3.05) is 19.1 Å². The molecule has 0 atom stereocenters. The monoisotopic (exact) mass is 199 g/mol. The SMILES string of the molecule is COC1CC(N(C)c2ncns2)C1. The number of nitrogens with zero attached hydrogens (tertiary/aromatic N) is 3. The normalized spacial score (nSPS) is 26.9. The molecule has 0 spiro atoms. The highest BCUT2D eigenvalue weighted by molar-refractivity contribution is 7.09. The molecule has 1 aromatic heterocycles. The van der Waals surface area contributed by atoms with Crippen LogP contribution in [0, 0.1) is 0 Å². The van der Waals surface area contributed by atoms with Crippen LogP contribution in [0.3, 0.4) is 0 Å². The van der Waals surface area contributed by atoms with E-state index in [1.807, 2.05) is 0 Å². The van der Waals surface area contributed by atoms with Gasteiger partial charge in [-0.1, -0.05) is 0 Å². The van der Waals surface area contributed by atoms with Crippen molar-refractivity contribution in [2.24, 2.45) is 0 Å². The maximum Gasteiger partial charge on any atom is 0.204 e. The first-order valence-corrected chi connectivity index (χ1v) is 5.11. The van der Waals surface area contributed by atoms with Crippen molar-refractivity contribution in [2.45, 2.75) is 25.0 Å². The minimum atomic E-state index is 0.445. The summed E-state index contributed by atoms with van der Waals surface area (Å²) in [6, 6.07) is 0.581. The summed E-state index contributed by atoms with van der Waals surface area (Å²) >= 11 is 1.44. The molecular formula is C8H13N3OS. The van der Waals surface area contributed by atoms with Crippen molar-refractivity contribution in [3.63, 3.8) is 0 Å².